The lowest BCUT2D eigenvalue weighted by molar-refractivity contribution is -0.122. The Morgan fingerprint density at radius 3 is 2.36 bits per heavy atom. The van der Waals surface area contributed by atoms with Crippen LogP contribution in [0.2, 0.25) is 0 Å². The minimum Gasteiger partial charge on any atom is -0.309 e. The van der Waals surface area contributed by atoms with Crippen LogP contribution in [0.15, 0.2) is 30.3 Å². The SMILES string of the molecule is Cc1ccc(C(=O)CCC(=O)CCC(=O)Nc2cc(-c3ccc(C)s3)[nH]n2)s1. The van der Waals surface area contributed by atoms with Crippen LogP contribution in [0.4, 0.5) is 5.82 Å². The van der Waals surface area contributed by atoms with Gasteiger partial charge in [-0.3, -0.25) is 19.5 Å². The molecule has 3 aromatic rings. The third-order valence-corrected chi connectivity index (χ3v) is 6.20. The summed E-state index contributed by atoms with van der Waals surface area (Å²) in [6.45, 7) is 3.97. The molecule has 0 saturated heterocycles. The van der Waals surface area contributed by atoms with Crippen LogP contribution in [0, 0.1) is 13.8 Å². The molecular formula is C20H21N3O3S2. The molecule has 3 rings (SSSR count). The molecular weight excluding hydrogens is 394 g/mol. The molecule has 3 aromatic heterocycles. The molecule has 0 aliphatic heterocycles. The number of H-pyrrole nitrogens is 1. The molecule has 0 spiro atoms. The minimum atomic E-state index is -0.269. The van der Waals surface area contributed by atoms with Crippen LogP contribution in [-0.2, 0) is 9.59 Å². The number of nitrogens with one attached hydrogen (secondary N) is 2. The Hall–Kier alpha value is -2.58. The molecule has 1 amide bonds. The number of carbonyl (C=O) groups is 3. The summed E-state index contributed by atoms with van der Waals surface area (Å²) in [4.78, 5) is 40.1. The highest BCUT2D eigenvalue weighted by Gasteiger charge is 2.13. The van der Waals surface area contributed by atoms with E-state index in [4.69, 9.17) is 0 Å². The van der Waals surface area contributed by atoms with Crippen LogP contribution in [0.25, 0.3) is 10.6 Å². The van der Waals surface area contributed by atoms with Crippen LogP contribution in [0.3, 0.4) is 0 Å². The number of anilines is 1. The molecule has 0 bridgehead atoms. The fourth-order valence-electron chi connectivity index (χ4n) is 2.64. The number of rotatable bonds is 9. The second kappa shape index (κ2) is 9.07. The van der Waals surface area contributed by atoms with E-state index in [0.717, 1.165) is 15.4 Å². The van der Waals surface area contributed by atoms with Crippen molar-refractivity contribution < 1.29 is 14.4 Å². The molecule has 0 saturated carbocycles. The number of nitrogens with zero attached hydrogens (tertiary/aromatic N) is 1. The van der Waals surface area contributed by atoms with Crippen molar-refractivity contribution in [2.45, 2.75) is 39.5 Å². The van der Waals surface area contributed by atoms with Gasteiger partial charge >= 0.3 is 0 Å². The summed E-state index contributed by atoms with van der Waals surface area (Å²) in [5.74, 6) is 0.0491. The third-order valence-electron chi connectivity index (χ3n) is 4.13. The van der Waals surface area contributed by atoms with Crippen molar-refractivity contribution >= 4 is 46.0 Å². The Bertz CT molecular complexity index is 1000. The highest BCUT2D eigenvalue weighted by atomic mass is 32.1. The van der Waals surface area contributed by atoms with Gasteiger partial charge in [0.05, 0.1) is 15.4 Å². The van der Waals surface area contributed by atoms with Gasteiger partial charge in [0.1, 0.15) is 5.78 Å². The molecule has 8 heteroatoms. The number of hydrogen-bond donors (Lipinski definition) is 2. The van der Waals surface area contributed by atoms with Crippen molar-refractivity contribution in [3.05, 3.63) is 45.0 Å². The largest absolute Gasteiger partial charge is 0.309 e. The predicted octanol–water partition coefficient (Wildman–Crippen LogP) is 4.77. The maximum absolute atomic E-state index is 12.0. The smallest absolute Gasteiger partial charge is 0.226 e. The lowest BCUT2D eigenvalue weighted by atomic mass is 10.1. The summed E-state index contributed by atoms with van der Waals surface area (Å²) in [6.07, 6.45) is 0.534. The Balaban J connectivity index is 1.41. The average Bonchev–Trinajstić information content (AvgIpc) is 3.39. The van der Waals surface area contributed by atoms with E-state index >= 15 is 0 Å². The Labute approximate surface area is 171 Å². The summed E-state index contributed by atoms with van der Waals surface area (Å²) >= 11 is 3.07. The van der Waals surface area contributed by atoms with E-state index in [1.165, 1.54) is 16.2 Å². The van der Waals surface area contributed by atoms with Gasteiger partial charge in [-0.2, -0.15) is 5.10 Å². The van der Waals surface area contributed by atoms with E-state index in [1.807, 2.05) is 32.0 Å². The van der Waals surface area contributed by atoms with Gasteiger partial charge in [-0.25, -0.2) is 0 Å². The van der Waals surface area contributed by atoms with Crippen molar-refractivity contribution in [2.75, 3.05) is 5.32 Å². The maximum Gasteiger partial charge on any atom is 0.226 e. The van der Waals surface area contributed by atoms with E-state index in [9.17, 15) is 14.4 Å². The Kier molecular flexibility index (Phi) is 6.53. The van der Waals surface area contributed by atoms with Gasteiger partial charge in [0.25, 0.3) is 0 Å². The van der Waals surface area contributed by atoms with Crippen LogP contribution in [0.1, 0.15) is 45.1 Å². The molecule has 3 heterocycles. The van der Waals surface area contributed by atoms with Crippen molar-refractivity contribution in [1.29, 1.82) is 0 Å². The van der Waals surface area contributed by atoms with Crippen molar-refractivity contribution in [3.8, 4) is 10.6 Å². The predicted molar refractivity (Wildman–Crippen MR) is 112 cm³/mol. The first kappa shape index (κ1) is 20.2. The fourth-order valence-corrected chi connectivity index (χ4v) is 4.30. The zero-order valence-corrected chi connectivity index (χ0v) is 17.3. The molecule has 0 atom stereocenters. The van der Waals surface area contributed by atoms with Gasteiger partial charge in [0.15, 0.2) is 11.6 Å². The summed E-state index contributed by atoms with van der Waals surface area (Å²) < 4.78 is 0. The number of ketones is 2. The number of aryl methyl sites for hydroxylation is 2. The topological polar surface area (TPSA) is 91.9 Å². The normalized spacial score (nSPS) is 10.8. The quantitative estimate of drug-likeness (QED) is 0.493. The molecule has 0 aliphatic rings. The molecule has 0 aliphatic carbocycles. The minimum absolute atomic E-state index is 0.0243. The molecule has 2 N–H and O–H groups in total. The first-order chi connectivity index (χ1) is 13.4. The van der Waals surface area contributed by atoms with Crippen LogP contribution < -0.4 is 5.32 Å². The van der Waals surface area contributed by atoms with Crippen molar-refractivity contribution in [1.82, 2.24) is 10.2 Å². The summed E-state index contributed by atoms with van der Waals surface area (Å²) in [7, 11) is 0. The zero-order valence-electron chi connectivity index (χ0n) is 15.7. The fraction of sp³-hybridized carbons (Fsp3) is 0.300. The zero-order chi connectivity index (χ0) is 20.1. The van der Waals surface area contributed by atoms with Gasteiger partial charge in [0, 0.05) is 41.5 Å². The van der Waals surface area contributed by atoms with Crippen LogP contribution in [0.5, 0.6) is 0 Å². The molecule has 6 nitrogen and oxygen atoms in total. The third kappa shape index (κ3) is 5.46. The van der Waals surface area contributed by atoms with Gasteiger partial charge in [-0.15, -0.1) is 22.7 Å². The van der Waals surface area contributed by atoms with E-state index < -0.39 is 0 Å². The van der Waals surface area contributed by atoms with E-state index in [2.05, 4.69) is 15.5 Å². The number of aromatic amines is 1. The van der Waals surface area contributed by atoms with E-state index in [-0.39, 0.29) is 43.2 Å². The Morgan fingerprint density at radius 1 is 0.964 bits per heavy atom. The highest BCUT2D eigenvalue weighted by molar-refractivity contribution is 7.15. The molecule has 146 valence electrons. The van der Waals surface area contributed by atoms with E-state index in [1.54, 1.807) is 23.5 Å². The summed E-state index contributed by atoms with van der Waals surface area (Å²) in [5, 5.41) is 9.68. The number of Topliss-reactive ketones (excluding diaryl/α,β-unsaturated/α-hetero) is 2. The van der Waals surface area contributed by atoms with Crippen LogP contribution in [-0.4, -0.2) is 27.7 Å². The molecule has 0 fully saturated rings. The molecule has 0 unspecified atom stereocenters. The van der Waals surface area contributed by atoms with Gasteiger partial charge in [-0.1, -0.05) is 0 Å². The van der Waals surface area contributed by atoms with Crippen LogP contribution >= 0.6 is 22.7 Å². The highest BCUT2D eigenvalue weighted by Crippen LogP contribution is 2.27. The number of carbonyl (C=O) groups excluding carboxylic acids is 3. The second-order valence-corrected chi connectivity index (χ2v) is 9.07. The second-order valence-electron chi connectivity index (χ2n) is 6.50. The standard InChI is InChI=1S/C20H21N3O3S2/c1-12-3-8-17(27-12)15-11-19(23-22-15)21-20(26)10-6-14(24)5-7-16(25)18-9-4-13(2)28-18/h3-4,8-9,11H,5-7,10H2,1-2H3,(H2,21,22,23,26). The number of thiophene rings is 2. The average molecular weight is 416 g/mol. The lowest BCUT2D eigenvalue weighted by Crippen LogP contribution is -2.14. The maximum atomic E-state index is 12.0. The van der Waals surface area contributed by atoms with Crippen molar-refractivity contribution in [2.24, 2.45) is 0 Å². The Morgan fingerprint density at radius 2 is 1.68 bits per heavy atom. The van der Waals surface area contributed by atoms with E-state index in [0.29, 0.717) is 10.7 Å². The molecule has 0 radical (unpaired) electrons. The van der Waals surface area contributed by atoms with Gasteiger partial charge < -0.3 is 5.32 Å². The summed E-state index contributed by atoms with van der Waals surface area (Å²) in [6, 6.07) is 9.47. The van der Waals surface area contributed by atoms with Crippen molar-refractivity contribution in [3.63, 3.8) is 0 Å². The molecule has 0 aromatic carbocycles. The number of aromatic nitrogens is 2. The van der Waals surface area contributed by atoms with Gasteiger partial charge in [-0.05, 0) is 38.1 Å². The number of hydrogen-bond acceptors (Lipinski definition) is 6. The van der Waals surface area contributed by atoms with Gasteiger partial charge in [0.2, 0.25) is 5.91 Å². The first-order valence-corrected chi connectivity index (χ1v) is 10.6. The lowest BCUT2D eigenvalue weighted by Gasteiger charge is -2.02. The summed E-state index contributed by atoms with van der Waals surface area (Å²) in [5.41, 5.74) is 0.840. The number of amides is 1. The molecule has 28 heavy (non-hydrogen) atoms. The monoisotopic (exact) mass is 415 g/mol. The first-order valence-electron chi connectivity index (χ1n) is 8.94.